The Bertz CT molecular complexity index is 103. The average molecular weight is 188 g/mol. The first-order chi connectivity index (χ1) is 6.20. The minimum absolute atomic E-state index is 0.244. The zero-order valence-electron chi connectivity index (χ0n) is 9.14. The fourth-order valence-corrected chi connectivity index (χ4v) is 1.23. The summed E-state index contributed by atoms with van der Waals surface area (Å²) in [5, 5.41) is 15.3. The van der Waals surface area contributed by atoms with Crippen LogP contribution in [0.4, 0.5) is 0 Å². The molecule has 3 heteroatoms. The molecule has 0 amide bonds. The molecular weight excluding hydrogens is 164 g/mol. The molecule has 0 aromatic rings. The molecular formula is C10H24N2O. The van der Waals surface area contributed by atoms with E-state index in [2.05, 4.69) is 24.5 Å². The molecule has 0 aliphatic carbocycles. The van der Waals surface area contributed by atoms with Crippen LogP contribution < -0.4 is 10.6 Å². The van der Waals surface area contributed by atoms with E-state index in [1.165, 1.54) is 12.8 Å². The van der Waals surface area contributed by atoms with Crippen molar-refractivity contribution < 1.29 is 5.11 Å². The van der Waals surface area contributed by atoms with E-state index in [-0.39, 0.29) is 12.6 Å². The predicted molar refractivity (Wildman–Crippen MR) is 56.9 cm³/mol. The van der Waals surface area contributed by atoms with Gasteiger partial charge in [-0.2, -0.15) is 0 Å². The topological polar surface area (TPSA) is 44.3 Å². The lowest BCUT2D eigenvalue weighted by molar-refractivity contribution is 0.239. The SMILES string of the molecule is CNC(CO)CCCCNC(C)C. The Kier molecular flexibility index (Phi) is 8.40. The van der Waals surface area contributed by atoms with Gasteiger partial charge in [0.05, 0.1) is 6.61 Å². The number of hydrogen-bond acceptors (Lipinski definition) is 3. The van der Waals surface area contributed by atoms with Gasteiger partial charge in [-0.1, -0.05) is 20.3 Å². The van der Waals surface area contributed by atoms with Crippen LogP contribution in [0.5, 0.6) is 0 Å². The van der Waals surface area contributed by atoms with E-state index < -0.39 is 0 Å². The Morgan fingerprint density at radius 1 is 1.23 bits per heavy atom. The molecule has 0 aliphatic heterocycles. The molecule has 0 saturated heterocycles. The van der Waals surface area contributed by atoms with Gasteiger partial charge >= 0.3 is 0 Å². The third-order valence-corrected chi connectivity index (χ3v) is 2.16. The van der Waals surface area contributed by atoms with Gasteiger partial charge in [-0.25, -0.2) is 0 Å². The minimum atomic E-state index is 0.244. The summed E-state index contributed by atoms with van der Waals surface area (Å²) in [6.45, 7) is 5.64. The van der Waals surface area contributed by atoms with Crippen LogP contribution in [0, 0.1) is 0 Å². The molecule has 1 unspecified atom stereocenters. The quantitative estimate of drug-likeness (QED) is 0.492. The molecule has 13 heavy (non-hydrogen) atoms. The molecule has 0 heterocycles. The molecule has 0 radical (unpaired) electrons. The number of nitrogens with one attached hydrogen (secondary N) is 2. The summed E-state index contributed by atoms with van der Waals surface area (Å²) >= 11 is 0. The third-order valence-electron chi connectivity index (χ3n) is 2.16. The minimum Gasteiger partial charge on any atom is -0.395 e. The second kappa shape index (κ2) is 8.48. The van der Waals surface area contributed by atoms with Crippen LogP contribution in [-0.4, -0.2) is 37.4 Å². The fourth-order valence-electron chi connectivity index (χ4n) is 1.23. The van der Waals surface area contributed by atoms with Gasteiger partial charge in [-0.3, -0.25) is 0 Å². The van der Waals surface area contributed by atoms with Crippen molar-refractivity contribution in [3.8, 4) is 0 Å². The van der Waals surface area contributed by atoms with E-state index in [1.807, 2.05) is 7.05 Å². The van der Waals surface area contributed by atoms with Gasteiger partial charge in [0, 0.05) is 12.1 Å². The van der Waals surface area contributed by atoms with Gasteiger partial charge in [-0.15, -0.1) is 0 Å². The molecule has 0 aliphatic rings. The zero-order valence-corrected chi connectivity index (χ0v) is 9.14. The average Bonchev–Trinajstić information content (AvgIpc) is 2.11. The van der Waals surface area contributed by atoms with Crippen LogP contribution in [-0.2, 0) is 0 Å². The van der Waals surface area contributed by atoms with E-state index in [0.717, 1.165) is 13.0 Å². The van der Waals surface area contributed by atoms with Crippen molar-refractivity contribution in [2.45, 2.75) is 45.2 Å². The Labute approximate surface area is 81.9 Å². The number of likely N-dealkylation sites (N-methyl/N-ethyl adjacent to an activating group) is 1. The largest absolute Gasteiger partial charge is 0.395 e. The normalized spacial score (nSPS) is 13.6. The lowest BCUT2D eigenvalue weighted by Gasteiger charge is -2.13. The zero-order chi connectivity index (χ0) is 10.1. The van der Waals surface area contributed by atoms with Crippen LogP contribution in [0.2, 0.25) is 0 Å². The first-order valence-electron chi connectivity index (χ1n) is 5.22. The third kappa shape index (κ3) is 8.22. The molecule has 0 saturated carbocycles. The monoisotopic (exact) mass is 188 g/mol. The van der Waals surface area contributed by atoms with Crippen molar-refractivity contribution in [3.63, 3.8) is 0 Å². The second-order valence-electron chi connectivity index (χ2n) is 3.77. The molecule has 0 rings (SSSR count). The molecule has 0 spiro atoms. The molecule has 0 fully saturated rings. The van der Waals surface area contributed by atoms with Gasteiger partial charge in [0.15, 0.2) is 0 Å². The lowest BCUT2D eigenvalue weighted by Crippen LogP contribution is -2.29. The highest BCUT2D eigenvalue weighted by Gasteiger charge is 2.02. The standard InChI is InChI=1S/C10H24N2O/c1-9(2)12-7-5-4-6-10(8-13)11-3/h9-13H,4-8H2,1-3H3. The van der Waals surface area contributed by atoms with Crippen molar-refractivity contribution in [1.82, 2.24) is 10.6 Å². The Morgan fingerprint density at radius 2 is 1.92 bits per heavy atom. The smallest absolute Gasteiger partial charge is 0.0584 e. The molecule has 80 valence electrons. The van der Waals surface area contributed by atoms with Crippen molar-refractivity contribution in [3.05, 3.63) is 0 Å². The summed E-state index contributed by atoms with van der Waals surface area (Å²) in [5.41, 5.74) is 0. The molecule has 3 N–H and O–H groups in total. The summed E-state index contributed by atoms with van der Waals surface area (Å²) in [6.07, 6.45) is 3.43. The molecule has 3 nitrogen and oxygen atoms in total. The maximum Gasteiger partial charge on any atom is 0.0584 e. The van der Waals surface area contributed by atoms with Gasteiger partial charge in [-0.05, 0) is 26.4 Å². The highest BCUT2D eigenvalue weighted by molar-refractivity contribution is 4.63. The maximum atomic E-state index is 8.89. The maximum absolute atomic E-state index is 8.89. The van der Waals surface area contributed by atoms with Crippen LogP contribution in [0.15, 0.2) is 0 Å². The van der Waals surface area contributed by atoms with E-state index in [1.54, 1.807) is 0 Å². The lowest BCUT2D eigenvalue weighted by atomic mass is 10.1. The molecule has 1 atom stereocenters. The van der Waals surface area contributed by atoms with Gasteiger partial charge in [0.25, 0.3) is 0 Å². The van der Waals surface area contributed by atoms with Gasteiger partial charge in [0.2, 0.25) is 0 Å². The summed E-state index contributed by atoms with van der Waals surface area (Å²) in [6, 6.07) is 0.858. The van der Waals surface area contributed by atoms with E-state index in [9.17, 15) is 0 Å². The van der Waals surface area contributed by atoms with Gasteiger partial charge in [0.1, 0.15) is 0 Å². The predicted octanol–water partition coefficient (Wildman–Crippen LogP) is 0.735. The summed E-state index contributed by atoms with van der Waals surface area (Å²) in [4.78, 5) is 0. The van der Waals surface area contributed by atoms with E-state index in [4.69, 9.17) is 5.11 Å². The van der Waals surface area contributed by atoms with Crippen molar-refractivity contribution in [2.24, 2.45) is 0 Å². The van der Waals surface area contributed by atoms with Crippen molar-refractivity contribution >= 4 is 0 Å². The Hall–Kier alpha value is -0.120. The van der Waals surface area contributed by atoms with Crippen LogP contribution >= 0.6 is 0 Å². The Balaban J connectivity index is 3.14. The first-order valence-corrected chi connectivity index (χ1v) is 5.22. The number of aliphatic hydroxyl groups excluding tert-OH is 1. The van der Waals surface area contributed by atoms with Crippen LogP contribution in [0.25, 0.3) is 0 Å². The van der Waals surface area contributed by atoms with E-state index >= 15 is 0 Å². The molecule has 0 aromatic carbocycles. The summed E-state index contributed by atoms with van der Waals surface area (Å²) in [5.74, 6) is 0. The summed E-state index contributed by atoms with van der Waals surface area (Å²) in [7, 11) is 1.90. The molecule has 0 bridgehead atoms. The number of rotatable bonds is 8. The van der Waals surface area contributed by atoms with Gasteiger partial charge < -0.3 is 15.7 Å². The highest BCUT2D eigenvalue weighted by Crippen LogP contribution is 1.99. The van der Waals surface area contributed by atoms with Crippen LogP contribution in [0.1, 0.15) is 33.1 Å². The van der Waals surface area contributed by atoms with Crippen molar-refractivity contribution in [1.29, 1.82) is 0 Å². The van der Waals surface area contributed by atoms with E-state index in [0.29, 0.717) is 6.04 Å². The van der Waals surface area contributed by atoms with Crippen molar-refractivity contribution in [2.75, 3.05) is 20.2 Å². The number of hydrogen-bond donors (Lipinski definition) is 3. The van der Waals surface area contributed by atoms with Crippen LogP contribution in [0.3, 0.4) is 0 Å². The number of unbranched alkanes of at least 4 members (excludes halogenated alkanes) is 1. The molecule has 0 aromatic heterocycles. The Morgan fingerprint density at radius 3 is 2.38 bits per heavy atom. The summed E-state index contributed by atoms with van der Waals surface area (Å²) < 4.78 is 0. The number of aliphatic hydroxyl groups is 1. The highest BCUT2D eigenvalue weighted by atomic mass is 16.3. The second-order valence-corrected chi connectivity index (χ2v) is 3.77. The first kappa shape index (κ1) is 12.9. The fraction of sp³-hybridized carbons (Fsp3) is 1.00.